The third kappa shape index (κ3) is 2.88. The van der Waals surface area contributed by atoms with Gasteiger partial charge in [-0.05, 0) is 37.1 Å². The second-order valence-electron chi connectivity index (χ2n) is 4.73. The highest BCUT2D eigenvalue weighted by Gasteiger charge is 2.11. The Morgan fingerprint density at radius 2 is 1.75 bits per heavy atom. The maximum absolute atomic E-state index is 12.1. The summed E-state index contributed by atoms with van der Waals surface area (Å²) in [4.78, 5) is 12.1. The van der Waals surface area contributed by atoms with Gasteiger partial charge in [0.2, 0.25) is 0 Å². The van der Waals surface area contributed by atoms with Crippen molar-refractivity contribution in [2.45, 2.75) is 13.8 Å². The van der Waals surface area contributed by atoms with Crippen molar-refractivity contribution in [3.8, 4) is 5.75 Å². The number of benzene rings is 2. The molecule has 0 aromatic heterocycles. The summed E-state index contributed by atoms with van der Waals surface area (Å²) in [5, 5.41) is 19.8. The number of aliphatic hydroxyl groups is 1. The lowest BCUT2D eigenvalue weighted by Crippen LogP contribution is -1.99. The maximum atomic E-state index is 12.1. The van der Waals surface area contributed by atoms with Crippen LogP contribution in [0.3, 0.4) is 0 Å². The number of hydrogen-bond donors (Lipinski definition) is 2. The molecule has 0 atom stereocenters. The van der Waals surface area contributed by atoms with E-state index < -0.39 is 0 Å². The van der Waals surface area contributed by atoms with Crippen molar-refractivity contribution in [2.24, 2.45) is 0 Å². The number of ketones is 1. The Bertz CT molecular complexity index is 684. The molecule has 0 bridgehead atoms. The van der Waals surface area contributed by atoms with Crippen LogP contribution in [-0.2, 0) is 0 Å². The van der Waals surface area contributed by atoms with Crippen LogP contribution in [0.5, 0.6) is 5.75 Å². The van der Waals surface area contributed by atoms with E-state index in [1.165, 1.54) is 6.07 Å². The average Bonchev–Trinajstić information content (AvgIpc) is 2.38. The zero-order valence-corrected chi connectivity index (χ0v) is 11.4. The summed E-state index contributed by atoms with van der Waals surface area (Å²) < 4.78 is 0. The molecule has 0 unspecified atom stereocenters. The maximum Gasteiger partial charge on any atom is 0.189 e. The predicted octanol–water partition coefficient (Wildman–Crippen LogP) is 3.79. The third-order valence-electron chi connectivity index (χ3n) is 3.11. The van der Waals surface area contributed by atoms with E-state index in [1.54, 1.807) is 24.3 Å². The van der Waals surface area contributed by atoms with E-state index in [4.69, 9.17) is 0 Å². The van der Waals surface area contributed by atoms with Crippen LogP contribution in [0.25, 0.3) is 5.76 Å². The van der Waals surface area contributed by atoms with Crippen LogP contribution in [0.2, 0.25) is 0 Å². The number of aromatic hydroxyl groups is 1. The fraction of sp³-hybridized carbons (Fsp3) is 0.118. The second kappa shape index (κ2) is 5.61. The molecule has 0 spiro atoms. The summed E-state index contributed by atoms with van der Waals surface area (Å²) in [5.74, 6) is -0.576. The number of carbonyl (C=O) groups excluding carboxylic acids is 1. The lowest BCUT2D eigenvalue weighted by Gasteiger charge is -2.05. The molecule has 3 nitrogen and oxygen atoms in total. The Balaban J connectivity index is 2.35. The predicted molar refractivity (Wildman–Crippen MR) is 79.0 cm³/mol. The summed E-state index contributed by atoms with van der Waals surface area (Å²) in [7, 11) is 0. The lowest BCUT2D eigenvalue weighted by atomic mass is 10.0. The Kier molecular flexibility index (Phi) is 3.89. The Hall–Kier alpha value is -2.55. The molecule has 20 heavy (non-hydrogen) atoms. The van der Waals surface area contributed by atoms with E-state index in [2.05, 4.69) is 0 Å². The van der Waals surface area contributed by atoms with Crippen molar-refractivity contribution >= 4 is 11.5 Å². The quantitative estimate of drug-likeness (QED) is 0.506. The molecular formula is C17H16O3. The van der Waals surface area contributed by atoms with E-state index in [9.17, 15) is 15.0 Å². The summed E-state index contributed by atoms with van der Waals surface area (Å²) in [6, 6.07) is 12.0. The summed E-state index contributed by atoms with van der Waals surface area (Å²) in [5.41, 5.74) is 2.50. The number of carbonyl (C=O) groups is 1. The van der Waals surface area contributed by atoms with Crippen molar-refractivity contribution in [3.05, 3.63) is 70.8 Å². The Labute approximate surface area is 117 Å². The Morgan fingerprint density at radius 1 is 1.05 bits per heavy atom. The molecule has 2 N–H and O–H groups in total. The molecular weight excluding hydrogens is 252 g/mol. The smallest absolute Gasteiger partial charge is 0.189 e. The van der Waals surface area contributed by atoms with Gasteiger partial charge in [0.05, 0.1) is 5.56 Å². The summed E-state index contributed by atoms with van der Waals surface area (Å²) in [6.45, 7) is 3.67. The van der Waals surface area contributed by atoms with Crippen LogP contribution in [-0.4, -0.2) is 16.0 Å². The Morgan fingerprint density at radius 3 is 2.40 bits per heavy atom. The van der Waals surface area contributed by atoms with E-state index in [0.29, 0.717) is 5.56 Å². The fourth-order valence-electron chi connectivity index (χ4n) is 1.99. The average molecular weight is 268 g/mol. The molecule has 2 aromatic rings. The minimum Gasteiger partial charge on any atom is -0.507 e. The molecule has 0 saturated carbocycles. The lowest BCUT2D eigenvalue weighted by molar-refractivity contribution is 0.104. The van der Waals surface area contributed by atoms with Crippen molar-refractivity contribution in [1.29, 1.82) is 0 Å². The minimum absolute atomic E-state index is 0.0451. The standard InChI is InChI=1S/C17H16O3/c1-11-7-8-14(15(18)9-11)17(20)10-16(19)13-6-4-3-5-12(13)2/h3-10,18,20H,1-2H3/b17-10+. The van der Waals surface area contributed by atoms with Crippen molar-refractivity contribution in [1.82, 2.24) is 0 Å². The third-order valence-corrected chi connectivity index (χ3v) is 3.11. The summed E-state index contributed by atoms with van der Waals surface area (Å²) in [6.07, 6.45) is 1.13. The monoisotopic (exact) mass is 268 g/mol. The highest BCUT2D eigenvalue weighted by atomic mass is 16.3. The van der Waals surface area contributed by atoms with Gasteiger partial charge in [-0.3, -0.25) is 4.79 Å². The van der Waals surface area contributed by atoms with Crippen molar-refractivity contribution in [3.63, 3.8) is 0 Å². The molecule has 0 fully saturated rings. The van der Waals surface area contributed by atoms with Gasteiger partial charge in [-0.2, -0.15) is 0 Å². The number of phenols is 1. The van der Waals surface area contributed by atoms with Gasteiger partial charge < -0.3 is 10.2 Å². The molecule has 0 aliphatic carbocycles. The summed E-state index contributed by atoms with van der Waals surface area (Å²) >= 11 is 0. The van der Waals surface area contributed by atoms with Crippen LogP contribution in [0.4, 0.5) is 0 Å². The van der Waals surface area contributed by atoms with Crippen LogP contribution in [0.15, 0.2) is 48.5 Å². The van der Waals surface area contributed by atoms with Crippen LogP contribution in [0, 0.1) is 13.8 Å². The molecule has 0 aliphatic rings. The van der Waals surface area contributed by atoms with Crippen LogP contribution >= 0.6 is 0 Å². The zero-order chi connectivity index (χ0) is 14.7. The normalized spacial score (nSPS) is 11.4. The number of allylic oxidation sites excluding steroid dienone is 1. The largest absolute Gasteiger partial charge is 0.507 e. The number of phenolic OH excluding ortho intramolecular Hbond substituents is 1. The van der Waals surface area contributed by atoms with Gasteiger partial charge in [-0.15, -0.1) is 0 Å². The van der Waals surface area contributed by atoms with E-state index in [-0.39, 0.29) is 22.9 Å². The molecule has 0 aliphatic heterocycles. The van der Waals surface area contributed by atoms with Gasteiger partial charge in [-0.1, -0.05) is 30.3 Å². The molecule has 0 heterocycles. The second-order valence-corrected chi connectivity index (χ2v) is 4.73. The SMILES string of the molecule is Cc1ccc(/C(O)=C\C(=O)c2ccccc2C)c(O)c1. The molecule has 0 saturated heterocycles. The van der Waals surface area contributed by atoms with Gasteiger partial charge in [-0.25, -0.2) is 0 Å². The first-order chi connectivity index (χ1) is 9.49. The number of aryl methyl sites for hydroxylation is 2. The van der Waals surface area contributed by atoms with E-state index in [1.807, 2.05) is 26.0 Å². The van der Waals surface area contributed by atoms with Gasteiger partial charge in [0.25, 0.3) is 0 Å². The molecule has 3 heteroatoms. The first kappa shape index (κ1) is 13.9. The molecule has 0 amide bonds. The van der Waals surface area contributed by atoms with Crippen molar-refractivity contribution < 1.29 is 15.0 Å². The number of hydrogen-bond acceptors (Lipinski definition) is 3. The van der Waals surface area contributed by atoms with E-state index >= 15 is 0 Å². The highest BCUT2D eigenvalue weighted by Crippen LogP contribution is 2.25. The fourth-order valence-corrected chi connectivity index (χ4v) is 1.99. The highest BCUT2D eigenvalue weighted by molar-refractivity contribution is 6.08. The first-order valence-electron chi connectivity index (χ1n) is 6.29. The number of rotatable bonds is 3. The molecule has 102 valence electrons. The van der Waals surface area contributed by atoms with Crippen LogP contribution < -0.4 is 0 Å². The van der Waals surface area contributed by atoms with Gasteiger partial charge in [0.15, 0.2) is 5.78 Å². The van der Waals surface area contributed by atoms with Gasteiger partial charge >= 0.3 is 0 Å². The molecule has 0 radical (unpaired) electrons. The van der Waals surface area contributed by atoms with Gasteiger partial charge in [0.1, 0.15) is 11.5 Å². The number of aliphatic hydroxyl groups excluding tert-OH is 1. The van der Waals surface area contributed by atoms with E-state index in [0.717, 1.165) is 17.2 Å². The zero-order valence-electron chi connectivity index (χ0n) is 11.4. The molecule has 2 rings (SSSR count). The van der Waals surface area contributed by atoms with Crippen LogP contribution in [0.1, 0.15) is 27.0 Å². The first-order valence-corrected chi connectivity index (χ1v) is 6.29. The minimum atomic E-state index is -0.291. The van der Waals surface area contributed by atoms with Gasteiger partial charge in [0, 0.05) is 11.6 Å². The topological polar surface area (TPSA) is 57.5 Å². The van der Waals surface area contributed by atoms with Crippen molar-refractivity contribution in [2.75, 3.05) is 0 Å². The molecule has 2 aromatic carbocycles.